The van der Waals surface area contributed by atoms with Crippen LogP contribution in [0.2, 0.25) is 5.02 Å². The van der Waals surface area contributed by atoms with Gasteiger partial charge in [0.15, 0.2) is 0 Å². The first-order valence-corrected chi connectivity index (χ1v) is 12.0. The fourth-order valence-electron chi connectivity index (χ4n) is 4.19. The van der Waals surface area contributed by atoms with Crippen molar-refractivity contribution in [3.8, 4) is 17.3 Å². The molecule has 2 aromatic carbocycles. The molecule has 4 heterocycles. The Balaban J connectivity index is 1.29. The van der Waals surface area contributed by atoms with Gasteiger partial charge in [0.05, 0.1) is 11.1 Å². The van der Waals surface area contributed by atoms with Crippen molar-refractivity contribution in [1.82, 2.24) is 24.1 Å². The number of benzene rings is 2. The van der Waals surface area contributed by atoms with Gasteiger partial charge in [-0.3, -0.25) is 14.2 Å². The van der Waals surface area contributed by atoms with Gasteiger partial charge in [-0.25, -0.2) is 15.0 Å². The van der Waals surface area contributed by atoms with Crippen LogP contribution < -0.4 is 15.6 Å². The number of hydrogen-bond acceptors (Lipinski definition) is 6. The summed E-state index contributed by atoms with van der Waals surface area (Å²) in [7, 11) is 1.90. The lowest BCUT2D eigenvalue weighted by Gasteiger charge is -2.13. The number of hydrogen-bond donors (Lipinski definition) is 1. The highest BCUT2D eigenvalue weighted by molar-refractivity contribution is 6.30. The zero-order valence-corrected chi connectivity index (χ0v) is 20.8. The van der Waals surface area contributed by atoms with Gasteiger partial charge in [0, 0.05) is 35.5 Å². The number of anilines is 1. The largest absolute Gasteiger partial charge is 0.438 e. The number of carbonyl (C=O) groups excluding carboxylic acids is 1. The molecule has 4 aromatic heterocycles. The van der Waals surface area contributed by atoms with Crippen LogP contribution in [-0.2, 0) is 7.05 Å². The van der Waals surface area contributed by atoms with E-state index in [0.29, 0.717) is 39.1 Å². The second-order valence-electron chi connectivity index (χ2n) is 8.51. The van der Waals surface area contributed by atoms with E-state index in [9.17, 15) is 9.59 Å². The van der Waals surface area contributed by atoms with Crippen LogP contribution in [0.4, 0.5) is 5.69 Å². The summed E-state index contributed by atoms with van der Waals surface area (Å²) in [4.78, 5) is 39.5. The number of fused-ring (bicyclic) bond motifs is 2. The van der Waals surface area contributed by atoms with E-state index >= 15 is 0 Å². The molecule has 0 aliphatic carbocycles. The summed E-state index contributed by atoms with van der Waals surface area (Å²) in [6.07, 6.45) is 4.93. The molecule has 0 saturated carbocycles. The molecule has 0 fully saturated rings. The molecule has 6 aromatic rings. The van der Waals surface area contributed by atoms with Crippen molar-refractivity contribution in [2.45, 2.75) is 0 Å². The highest BCUT2D eigenvalue weighted by atomic mass is 35.5. The minimum absolute atomic E-state index is 0.0202. The predicted molar refractivity (Wildman–Crippen MR) is 145 cm³/mol. The Morgan fingerprint density at radius 1 is 0.947 bits per heavy atom. The molecule has 0 saturated heterocycles. The number of ether oxygens (including phenoxy) is 1. The molecule has 10 heteroatoms. The fraction of sp³-hybridized carbons (Fsp3) is 0.0357. The summed E-state index contributed by atoms with van der Waals surface area (Å²) in [6, 6.07) is 20.6. The average molecular weight is 523 g/mol. The summed E-state index contributed by atoms with van der Waals surface area (Å²) < 4.78 is 9.23. The number of amides is 1. The van der Waals surface area contributed by atoms with Crippen LogP contribution in [0.3, 0.4) is 0 Å². The van der Waals surface area contributed by atoms with Crippen molar-refractivity contribution in [2.75, 3.05) is 5.32 Å². The zero-order valence-electron chi connectivity index (χ0n) is 20.0. The van der Waals surface area contributed by atoms with Crippen molar-refractivity contribution in [2.24, 2.45) is 7.05 Å². The van der Waals surface area contributed by atoms with Crippen LogP contribution >= 0.6 is 11.6 Å². The van der Waals surface area contributed by atoms with E-state index in [4.69, 9.17) is 16.3 Å². The Labute approximate surface area is 220 Å². The fourth-order valence-corrected chi connectivity index (χ4v) is 4.31. The van der Waals surface area contributed by atoms with Crippen LogP contribution in [0.5, 0.6) is 11.6 Å². The summed E-state index contributed by atoms with van der Waals surface area (Å²) in [5, 5.41) is 4.77. The Hall–Kier alpha value is -5.02. The van der Waals surface area contributed by atoms with Crippen LogP contribution in [0.1, 0.15) is 10.4 Å². The standard InChI is InChI=1S/C28H19ClN6O3/c1-34-14-12-22-25(34)31-16-32-27(22)38-21-10-6-19(7-11-21)33-26(36)23-15-17-3-2-13-30-24(17)35(28(23)37)20-8-4-18(29)5-9-20/h2-16H,1H3,(H,33,36). The van der Waals surface area contributed by atoms with Gasteiger partial charge in [-0.05, 0) is 72.8 Å². The van der Waals surface area contributed by atoms with Gasteiger partial charge in [0.1, 0.15) is 28.9 Å². The maximum absolute atomic E-state index is 13.5. The average Bonchev–Trinajstić information content (AvgIpc) is 3.32. The first-order valence-electron chi connectivity index (χ1n) is 11.6. The number of carbonyl (C=O) groups is 1. The Kier molecular flexibility index (Phi) is 5.82. The second kappa shape index (κ2) is 9.45. The van der Waals surface area contributed by atoms with Crippen LogP contribution in [0, 0.1) is 0 Å². The topological polar surface area (TPSA) is 104 Å². The minimum atomic E-state index is -0.543. The van der Waals surface area contributed by atoms with Crippen molar-refractivity contribution in [3.63, 3.8) is 0 Å². The molecule has 186 valence electrons. The summed E-state index contributed by atoms with van der Waals surface area (Å²) in [5.41, 5.74) is 1.74. The van der Waals surface area contributed by atoms with Gasteiger partial charge in [-0.1, -0.05) is 11.6 Å². The second-order valence-corrected chi connectivity index (χ2v) is 8.95. The third-order valence-corrected chi connectivity index (χ3v) is 6.30. The van der Waals surface area contributed by atoms with Gasteiger partial charge in [0.2, 0.25) is 5.88 Å². The van der Waals surface area contributed by atoms with E-state index in [1.807, 2.05) is 23.9 Å². The lowest BCUT2D eigenvalue weighted by molar-refractivity contribution is 0.102. The molecular weight excluding hydrogens is 504 g/mol. The number of nitrogens with one attached hydrogen (secondary N) is 1. The summed E-state index contributed by atoms with van der Waals surface area (Å²) >= 11 is 6.03. The third-order valence-electron chi connectivity index (χ3n) is 6.04. The molecule has 0 spiro atoms. The van der Waals surface area contributed by atoms with Crippen molar-refractivity contribution in [3.05, 3.63) is 112 Å². The summed E-state index contributed by atoms with van der Waals surface area (Å²) in [6.45, 7) is 0. The number of halogens is 1. The smallest absolute Gasteiger partial charge is 0.269 e. The highest BCUT2D eigenvalue weighted by Gasteiger charge is 2.18. The number of aromatic nitrogens is 5. The van der Waals surface area contributed by atoms with E-state index in [1.165, 1.54) is 10.9 Å². The van der Waals surface area contributed by atoms with Gasteiger partial charge in [-0.2, -0.15) is 0 Å². The quantitative estimate of drug-likeness (QED) is 0.326. The SMILES string of the molecule is Cn1ccc2c(Oc3ccc(NC(=O)c4cc5cccnc5n(-c5ccc(Cl)cc5)c4=O)cc3)ncnc21. The van der Waals surface area contributed by atoms with E-state index in [2.05, 4.69) is 20.3 Å². The molecule has 9 nitrogen and oxygen atoms in total. The van der Waals surface area contributed by atoms with E-state index in [0.717, 1.165) is 11.0 Å². The van der Waals surface area contributed by atoms with Crippen molar-refractivity contribution < 1.29 is 9.53 Å². The van der Waals surface area contributed by atoms with E-state index in [-0.39, 0.29) is 5.56 Å². The lowest BCUT2D eigenvalue weighted by atomic mass is 10.1. The van der Waals surface area contributed by atoms with Crippen molar-refractivity contribution in [1.29, 1.82) is 0 Å². The third kappa shape index (κ3) is 4.25. The first-order chi connectivity index (χ1) is 18.5. The molecule has 38 heavy (non-hydrogen) atoms. The Bertz CT molecular complexity index is 1880. The van der Waals surface area contributed by atoms with E-state index < -0.39 is 11.5 Å². The monoisotopic (exact) mass is 522 g/mol. The molecule has 0 aliphatic rings. The molecule has 0 unspecified atom stereocenters. The number of rotatable bonds is 5. The van der Waals surface area contributed by atoms with Gasteiger partial charge in [-0.15, -0.1) is 0 Å². The Morgan fingerprint density at radius 3 is 2.53 bits per heavy atom. The highest BCUT2D eigenvalue weighted by Crippen LogP contribution is 2.28. The van der Waals surface area contributed by atoms with Gasteiger partial charge in [0.25, 0.3) is 11.5 Å². The molecule has 1 N–H and O–H groups in total. The van der Waals surface area contributed by atoms with Crippen LogP contribution in [0.25, 0.3) is 27.8 Å². The number of nitrogens with zero attached hydrogens (tertiary/aromatic N) is 5. The molecule has 0 aliphatic heterocycles. The van der Waals surface area contributed by atoms with Gasteiger partial charge >= 0.3 is 0 Å². The van der Waals surface area contributed by atoms with Gasteiger partial charge < -0.3 is 14.6 Å². The zero-order chi connectivity index (χ0) is 26.2. The maximum Gasteiger partial charge on any atom is 0.269 e. The molecule has 0 bridgehead atoms. The predicted octanol–water partition coefficient (Wildman–Crippen LogP) is 5.37. The lowest BCUT2D eigenvalue weighted by Crippen LogP contribution is -2.29. The first kappa shape index (κ1) is 23.4. The van der Waals surface area contributed by atoms with E-state index in [1.54, 1.807) is 72.9 Å². The number of pyridine rings is 2. The minimum Gasteiger partial charge on any atom is -0.438 e. The number of aryl methyl sites for hydroxylation is 1. The van der Waals surface area contributed by atoms with Crippen LogP contribution in [0.15, 0.2) is 96.3 Å². The molecule has 6 rings (SSSR count). The molecule has 0 radical (unpaired) electrons. The Morgan fingerprint density at radius 2 is 1.74 bits per heavy atom. The molecular formula is C28H19ClN6O3. The molecule has 0 atom stereocenters. The summed E-state index contributed by atoms with van der Waals surface area (Å²) in [5.74, 6) is 0.424. The normalized spacial score (nSPS) is 11.1. The maximum atomic E-state index is 13.5. The van der Waals surface area contributed by atoms with Crippen LogP contribution in [-0.4, -0.2) is 30.0 Å². The van der Waals surface area contributed by atoms with Crippen molar-refractivity contribution >= 4 is 45.3 Å². The molecule has 1 amide bonds.